The maximum Gasteiger partial charge on any atom is 0.336 e. The first-order valence-corrected chi connectivity index (χ1v) is 6.44. The number of carboxylic acids is 1. The molecule has 2 amide bonds. The van der Waals surface area contributed by atoms with Crippen LogP contribution < -0.4 is 4.90 Å². The number of nitrogens with zero attached hydrogens (tertiary/aromatic N) is 2. The van der Waals surface area contributed by atoms with Crippen molar-refractivity contribution < 1.29 is 14.7 Å². The number of aromatic carboxylic acids is 1. The van der Waals surface area contributed by atoms with Crippen molar-refractivity contribution in [1.82, 2.24) is 4.90 Å². The lowest BCUT2D eigenvalue weighted by molar-refractivity contribution is 0.0695. The van der Waals surface area contributed by atoms with Gasteiger partial charge in [0.05, 0.1) is 5.56 Å². The number of anilines is 1. The van der Waals surface area contributed by atoms with Gasteiger partial charge in [-0.2, -0.15) is 0 Å². The van der Waals surface area contributed by atoms with Crippen molar-refractivity contribution in [3.63, 3.8) is 0 Å². The molecule has 0 spiro atoms. The fourth-order valence-electron chi connectivity index (χ4n) is 2.37. The first-order valence-electron chi connectivity index (χ1n) is 6.44. The maximum absolute atomic E-state index is 12.3. The van der Waals surface area contributed by atoms with E-state index in [4.69, 9.17) is 0 Å². The molecule has 0 aliphatic carbocycles. The Bertz CT molecular complexity index is 513. The summed E-state index contributed by atoms with van der Waals surface area (Å²) in [6.07, 6.45) is 1.50. The molecule has 102 valence electrons. The number of benzene rings is 1. The summed E-state index contributed by atoms with van der Waals surface area (Å²) < 4.78 is 0. The number of hydrogen-bond acceptors (Lipinski definition) is 2. The SMILES string of the molecule is CCN(C)C(=O)N1CCCc2c(C(=O)O)cccc21. The van der Waals surface area contributed by atoms with Crippen LogP contribution in [-0.4, -0.2) is 42.1 Å². The topological polar surface area (TPSA) is 60.9 Å². The molecule has 5 heteroatoms. The Kier molecular flexibility index (Phi) is 3.74. The molecule has 0 radical (unpaired) electrons. The van der Waals surface area contributed by atoms with Gasteiger partial charge in [0.1, 0.15) is 0 Å². The van der Waals surface area contributed by atoms with E-state index in [0.29, 0.717) is 25.1 Å². The summed E-state index contributed by atoms with van der Waals surface area (Å²) in [5.41, 5.74) is 1.80. The van der Waals surface area contributed by atoms with Crippen LogP contribution in [0.1, 0.15) is 29.3 Å². The molecule has 1 aromatic carbocycles. The maximum atomic E-state index is 12.3. The molecule has 0 aromatic heterocycles. The van der Waals surface area contributed by atoms with Crippen LogP contribution in [0.3, 0.4) is 0 Å². The molecular weight excluding hydrogens is 244 g/mol. The van der Waals surface area contributed by atoms with Crippen molar-refractivity contribution in [2.75, 3.05) is 25.0 Å². The minimum absolute atomic E-state index is 0.0778. The first-order chi connectivity index (χ1) is 9.06. The summed E-state index contributed by atoms with van der Waals surface area (Å²) in [7, 11) is 1.75. The van der Waals surface area contributed by atoms with Gasteiger partial charge in [0, 0.05) is 25.8 Å². The molecule has 0 saturated heterocycles. The zero-order valence-corrected chi connectivity index (χ0v) is 11.2. The lowest BCUT2D eigenvalue weighted by Crippen LogP contribution is -2.44. The summed E-state index contributed by atoms with van der Waals surface area (Å²) >= 11 is 0. The van der Waals surface area contributed by atoms with E-state index in [1.54, 1.807) is 29.0 Å². The number of amides is 2. The van der Waals surface area contributed by atoms with Gasteiger partial charge in [0.15, 0.2) is 0 Å². The Labute approximate surface area is 112 Å². The van der Waals surface area contributed by atoms with Gasteiger partial charge in [0.25, 0.3) is 0 Å². The van der Waals surface area contributed by atoms with Gasteiger partial charge in [-0.05, 0) is 37.5 Å². The monoisotopic (exact) mass is 262 g/mol. The number of urea groups is 1. The summed E-state index contributed by atoms with van der Waals surface area (Å²) in [6, 6.07) is 5.03. The Balaban J connectivity index is 2.43. The number of hydrogen-bond donors (Lipinski definition) is 1. The zero-order valence-electron chi connectivity index (χ0n) is 11.2. The standard InChI is InChI=1S/C14H18N2O3/c1-3-15(2)14(19)16-9-5-7-10-11(13(17)18)6-4-8-12(10)16/h4,6,8H,3,5,7,9H2,1-2H3,(H,17,18). The molecule has 0 fully saturated rings. The molecule has 0 bridgehead atoms. The molecule has 19 heavy (non-hydrogen) atoms. The minimum atomic E-state index is -0.935. The molecule has 1 aliphatic rings. The molecule has 5 nitrogen and oxygen atoms in total. The van der Waals surface area contributed by atoms with E-state index in [0.717, 1.165) is 17.7 Å². The second kappa shape index (κ2) is 5.30. The van der Waals surface area contributed by atoms with E-state index in [1.807, 2.05) is 13.0 Å². The minimum Gasteiger partial charge on any atom is -0.478 e. The highest BCUT2D eigenvalue weighted by molar-refractivity contribution is 5.97. The highest BCUT2D eigenvalue weighted by Crippen LogP contribution is 2.30. The lowest BCUT2D eigenvalue weighted by Gasteiger charge is -2.33. The van der Waals surface area contributed by atoms with Crippen LogP contribution in [0.5, 0.6) is 0 Å². The highest BCUT2D eigenvalue weighted by atomic mass is 16.4. The largest absolute Gasteiger partial charge is 0.478 e. The van der Waals surface area contributed by atoms with Crippen molar-refractivity contribution in [1.29, 1.82) is 0 Å². The number of carbonyl (C=O) groups is 2. The van der Waals surface area contributed by atoms with E-state index < -0.39 is 5.97 Å². The molecule has 0 saturated carbocycles. The molecule has 0 unspecified atom stereocenters. The average molecular weight is 262 g/mol. The van der Waals surface area contributed by atoms with Crippen molar-refractivity contribution in [3.8, 4) is 0 Å². The van der Waals surface area contributed by atoms with E-state index in [-0.39, 0.29) is 6.03 Å². The molecule has 1 aliphatic heterocycles. The number of carbonyl (C=O) groups excluding carboxylic acids is 1. The van der Waals surface area contributed by atoms with Gasteiger partial charge in [-0.3, -0.25) is 4.90 Å². The summed E-state index contributed by atoms with van der Waals surface area (Å²) in [6.45, 7) is 3.18. The van der Waals surface area contributed by atoms with Gasteiger partial charge in [-0.15, -0.1) is 0 Å². The summed E-state index contributed by atoms with van der Waals surface area (Å²) in [5, 5.41) is 9.21. The average Bonchev–Trinajstić information content (AvgIpc) is 2.44. The molecule has 2 rings (SSSR count). The number of carboxylic acid groups (broad SMARTS) is 1. The smallest absolute Gasteiger partial charge is 0.336 e. The van der Waals surface area contributed by atoms with Crippen LogP contribution in [-0.2, 0) is 6.42 Å². The summed E-state index contributed by atoms with van der Waals surface area (Å²) in [5.74, 6) is -0.935. The highest BCUT2D eigenvalue weighted by Gasteiger charge is 2.27. The predicted molar refractivity (Wildman–Crippen MR) is 72.8 cm³/mol. The van der Waals surface area contributed by atoms with Crippen molar-refractivity contribution in [2.24, 2.45) is 0 Å². The second-order valence-corrected chi connectivity index (χ2v) is 4.66. The summed E-state index contributed by atoms with van der Waals surface area (Å²) in [4.78, 5) is 26.8. The normalized spacial score (nSPS) is 13.9. The fourth-order valence-corrected chi connectivity index (χ4v) is 2.37. The Morgan fingerprint density at radius 2 is 2.16 bits per heavy atom. The quantitative estimate of drug-likeness (QED) is 0.888. The molecule has 1 N–H and O–H groups in total. The fraction of sp³-hybridized carbons (Fsp3) is 0.429. The molecular formula is C14H18N2O3. The van der Waals surface area contributed by atoms with Crippen molar-refractivity contribution >= 4 is 17.7 Å². The van der Waals surface area contributed by atoms with Crippen molar-refractivity contribution in [2.45, 2.75) is 19.8 Å². The third-order valence-corrected chi connectivity index (χ3v) is 3.51. The number of rotatable bonds is 2. The van der Waals surface area contributed by atoms with Gasteiger partial charge >= 0.3 is 12.0 Å². The van der Waals surface area contributed by atoms with E-state index in [1.165, 1.54) is 0 Å². The zero-order chi connectivity index (χ0) is 14.0. The van der Waals surface area contributed by atoms with Crippen LogP contribution in [0, 0.1) is 0 Å². The molecule has 1 heterocycles. The van der Waals surface area contributed by atoms with Gasteiger partial charge in [-0.25, -0.2) is 9.59 Å². The van der Waals surface area contributed by atoms with Crippen LogP contribution in [0.15, 0.2) is 18.2 Å². The third-order valence-electron chi connectivity index (χ3n) is 3.51. The van der Waals surface area contributed by atoms with Crippen LogP contribution in [0.2, 0.25) is 0 Å². The van der Waals surface area contributed by atoms with Crippen molar-refractivity contribution in [3.05, 3.63) is 29.3 Å². The van der Waals surface area contributed by atoms with Gasteiger partial charge < -0.3 is 10.0 Å². The van der Waals surface area contributed by atoms with Crippen LogP contribution >= 0.6 is 0 Å². The molecule has 0 atom stereocenters. The first kappa shape index (κ1) is 13.4. The Hall–Kier alpha value is -2.04. The van der Waals surface area contributed by atoms with E-state index in [9.17, 15) is 14.7 Å². The third kappa shape index (κ3) is 2.41. The Morgan fingerprint density at radius 3 is 2.79 bits per heavy atom. The van der Waals surface area contributed by atoms with Gasteiger partial charge in [0.2, 0.25) is 0 Å². The van der Waals surface area contributed by atoms with E-state index >= 15 is 0 Å². The lowest BCUT2D eigenvalue weighted by atomic mass is 9.96. The van der Waals surface area contributed by atoms with E-state index in [2.05, 4.69) is 0 Å². The second-order valence-electron chi connectivity index (χ2n) is 4.66. The Morgan fingerprint density at radius 1 is 1.42 bits per heavy atom. The molecule has 1 aromatic rings. The number of fused-ring (bicyclic) bond motifs is 1. The predicted octanol–water partition coefficient (Wildman–Crippen LogP) is 2.21. The van der Waals surface area contributed by atoms with Crippen LogP contribution in [0.25, 0.3) is 0 Å². The van der Waals surface area contributed by atoms with Gasteiger partial charge in [-0.1, -0.05) is 6.07 Å². The van der Waals surface area contributed by atoms with Crippen LogP contribution in [0.4, 0.5) is 10.5 Å².